The largest absolute Gasteiger partial charge is 0.208 e. The average molecular weight is 694 g/mol. The van der Waals surface area contributed by atoms with Gasteiger partial charge in [0.25, 0.3) is 0 Å². The van der Waals surface area contributed by atoms with Crippen molar-refractivity contribution in [2.75, 3.05) is 0 Å². The van der Waals surface area contributed by atoms with Crippen molar-refractivity contribution in [2.45, 2.75) is 0 Å². The van der Waals surface area contributed by atoms with Crippen LogP contribution in [0.2, 0.25) is 0 Å². The number of aromatic nitrogens is 3. The lowest BCUT2D eigenvalue weighted by Gasteiger charge is -2.11. The normalized spacial score (nSPS) is 11.4. The summed E-state index contributed by atoms with van der Waals surface area (Å²) in [6.45, 7) is 0. The predicted octanol–water partition coefficient (Wildman–Crippen LogP) is 13.4. The highest BCUT2D eigenvalue weighted by Gasteiger charge is 2.17. The molecule has 0 saturated heterocycles. The molecular weight excluding hydrogens is 663 g/mol. The summed E-state index contributed by atoms with van der Waals surface area (Å²) < 4.78 is 2.43. The average Bonchev–Trinajstić information content (AvgIpc) is 3.63. The SMILES string of the molecule is c1ccc(-c2ccc(-c3ccc4cc(-c5nc(-c6ccc(-c7ccccc7)cc6)nc(-c6cccc7c6sc6ccccc67)n5)ccc4c3)cc2)cc1. The number of nitrogens with zero attached hydrogens (tertiary/aromatic N) is 3. The molecule has 0 spiro atoms. The molecule has 3 nitrogen and oxygen atoms in total. The molecule has 10 aromatic rings. The number of thiophene rings is 1. The molecular formula is C49H31N3S. The first kappa shape index (κ1) is 31.0. The van der Waals surface area contributed by atoms with Crippen molar-refractivity contribution >= 4 is 42.3 Å². The second-order valence-corrected chi connectivity index (χ2v) is 14.3. The van der Waals surface area contributed by atoms with E-state index >= 15 is 0 Å². The molecule has 0 atom stereocenters. The van der Waals surface area contributed by atoms with Crippen molar-refractivity contribution in [1.29, 1.82) is 0 Å². The Bertz CT molecular complexity index is 2910. The van der Waals surface area contributed by atoms with Crippen molar-refractivity contribution in [3.8, 4) is 67.5 Å². The number of rotatable bonds is 6. The van der Waals surface area contributed by atoms with Crippen LogP contribution in [0.1, 0.15) is 0 Å². The van der Waals surface area contributed by atoms with E-state index in [1.165, 1.54) is 53.4 Å². The maximum Gasteiger partial charge on any atom is 0.165 e. The highest BCUT2D eigenvalue weighted by molar-refractivity contribution is 7.26. The molecule has 0 amide bonds. The fraction of sp³-hybridized carbons (Fsp3) is 0. The minimum atomic E-state index is 0.650. The first-order valence-electron chi connectivity index (χ1n) is 17.8. The van der Waals surface area contributed by atoms with Crippen molar-refractivity contribution < 1.29 is 0 Å². The van der Waals surface area contributed by atoms with Crippen LogP contribution in [0.5, 0.6) is 0 Å². The van der Waals surface area contributed by atoms with Crippen molar-refractivity contribution in [1.82, 2.24) is 15.0 Å². The van der Waals surface area contributed by atoms with E-state index in [1.54, 1.807) is 11.3 Å². The Morgan fingerprint density at radius 3 is 1.42 bits per heavy atom. The zero-order valence-electron chi connectivity index (χ0n) is 28.6. The van der Waals surface area contributed by atoms with Gasteiger partial charge in [-0.25, -0.2) is 15.0 Å². The van der Waals surface area contributed by atoms with Gasteiger partial charge >= 0.3 is 0 Å². The van der Waals surface area contributed by atoms with Crippen molar-refractivity contribution in [3.05, 3.63) is 188 Å². The van der Waals surface area contributed by atoms with Crippen molar-refractivity contribution in [2.24, 2.45) is 0 Å². The first-order chi connectivity index (χ1) is 26.2. The quantitative estimate of drug-likeness (QED) is 0.174. The standard InChI is InChI=1S/C49H31N3S/c1-3-10-32(11-4-1)34-18-20-36(21-19-34)38-26-27-40-31-41(29-28-39(40)30-38)48-50-47(37-24-22-35(23-25-37)33-12-5-2-6-13-33)51-49(52-48)44-16-9-15-43-42-14-7-8-17-45(42)53-46(43)44/h1-31H. The van der Waals surface area contributed by atoms with Crippen LogP contribution in [0.15, 0.2) is 188 Å². The summed E-state index contributed by atoms with van der Waals surface area (Å²) >= 11 is 1.79. The lowest BCUT2D eigenvalue weighted by Crippen LogP contribution is -2.00. The molecule has 0 unspecified atom stereocenters. The van der Waals surface area contributed by atoms with E-state index in [9.17, 15) is 0 Å². The summed E-state index contributed by atoms with van der Waals surface area (Å²) in [5.41, 5.74) is 10.1. The molecule has 8 aromatic carbocycles. The molecule has 53 heavy (non-hydrogen) atoms. The Hall–Kier alpha value is -6.75. The summed E-state index contributed by atoms with van der Waals surface area (Å²) in [6.07, 6.45) is 0. The highest BCUT2D eigenvalue weighted by atomic mass is 32.1. The van der Waals surface area contributed by atoms with Crippen LogP contribution in [0.4, 0.5) is 0 Å². The zero-order chi connectivity index (χ0) is 35.1. The topological polar surface area (TPSA) is 38.7 Å². The molecule has 2 heterocycles. The molecule has 0 aliphatic rings. The summed E-state index contributed by atoms with van der Waals surface area (Å²) in [6, 6.07) is 66.4. The molecule has 0 bridgehead atoms. The van der Waals surface area contributed by atoms with Crippen molar-refractivity contribution in [3.63, 3.8) is 0 Å². The fourth-order valence-corrected chi connectivity index (χ4v) is 8.38. The van der Waals surface area contributed by atoms with Gasteiger partial charge in [0.15, 0.2) is 17.5 Å². The van der Waals surface area contributed by atoms with Gasteiger partial charge in [-0.05, 0) is 68.4 Å². The van der Waals surface area contributed by atoms with Gasteiger partial charge in [-0.3, -0.25) is 0 Å². The van der Waals surface area contributed by atoms with Crippen LogP contribution in [-0.4, -0.2) is 15.0 Å². The first-order valence-corrected chi connectivity index (χ1v) is 18.6. The molecule has 0 fully saturated rings. The minimum Gasteiger partial charge on any atom is -0.208 e. The van der Waals surface area contributed by atoms with Crippen LogP contribution < -0.4 is 0 Å². The Morgan fingerprint density at radius 1 is 0.302 bits per heavy atom. The number of benzene rings is 8. The molecule has 0 radical (unpaired) electrons. The van der Waals surface area contributed by atoms with Crippen LogP contribution in [0.3, 0.4) is 0 Å². The molecule has 2 aromatic heterocycles. The lowest BCUT2D eigenvalue weighted by molar-refractivity contribution is 1.08. The second-order valence-electron chi connectivity index (χ2n) is 13.3. The van der Waals surface area contributed by atoms with Gasteiger partial charge in [0.2, 0.25) is 0 Å². The number of hydrogen-bond acceptors (Lipinski definition) is 4. The van der Waals surface area contributed by atoms with E-state index < -0.39 is 0 Å². The van der Waals surface area contributed by atoms with Crippen LogP contribution in [0, 0.1) is 0 Å². The minimum absolute atomic E-state index is 0.650. The van der Waals surface area contributed by atoms with Crippen LogP contribution in [0.25, 0.3) is 98.5 Å². The Labute approximate surface area is 311 Å². The molecule has 10 rings (SSSR count). The Morgan fingerprint density at radius 2 is 0.755 bits per heavy atom. The van der Waals surface area contributed by atoms with E-state index in [1.807, 2.05) is 6.07 Å². The summed E-state index contributed by atoms with van der Waals surface area (Å²) in [5.74, 6) is 1.97. The smallest absolute Gasteiger partial charge is 0.165 e. The fourth-order valence-electron chi connectivity index (χ4n) is 7.17. The summed E-state index contributed by atoms with van der Waals surface area (Å²) in [7, 11) is 0. The third kappa shape index (κ3) is 5.85. The van der Waals surface area contributed by atoms with E-state index in [2.05, 4.69) is 182 Å². The summed E-state index contributed by atoms with van der Waals surface area (Å²) in [4.78, 5) is 15.4. The van der Waals surface area contributed by atoms with Gasteiger partial charge in [0.1, 0.15) is 0 Å². The predicted molar refractivity (Wildman–Crippen MR) is 223 cm³/mol. The Balaban J connectivity index is 1.06. The van der Waals surface area contributed by atoms with Gasteiger partial charge in [-0.1, -0.05) is 164 Å². The summed E-state index contributed by atoms with van der Waals surface area (Å²) in [5, 5.41) is 4.77. The monoisotopic (exact) mass is 693 g/mol. The highest BCUT2D eigenvalue weighted by Crippen LogP contribution is 2.40. The molecule has 248 valence electrons. The molecule has 0 N–H and O–H groups in total. The van der Waals surface area contributed by atoms with Gasteiger partial charge in [-0.2, -0.15) is 0 Å². The second kappa shape index (κ2) is 13.1. The lowest BCUT2D eigenvalue weighted by atomic mass is 9.97. The van der Waals surface area contributed by atoms with E-state index in [0.29, 0.717) is 17.5 Å². The van der Waals surface area contributed by atoms with Crippen LogP contribution in [-0.2, 0) is 0 Å². The van der Waals surface area contributed by atoms with Gasteiger partial charge in [0.05, 0.1) is 0 Å². The van der Waals surface area contributed by atoms with E-state index in [0.717, 1.165) is 27.6 Å². The molecule has 4 heteroatoms. The maximum atomic E-state index is 5.17. The third-order valence-electron chi connectivity index (χ3n) is 9.95. The zero-order valence-corrected chi connectivity index (χ0v) is 29.5. The third-order valence-corrected chi connectivity index (χ3v) is 11.2. The van der Waals surface area contributed by atoms with E-state index in [-0.39, 0.29) is 0 Å². The maximum absolute atomic E-state index is 5.17. The van der Waals surface area contributed by atoms with Gasteiger partial charge < -0.3 is 0 Å². The van der Waals surface area contributed by atoms with Gasteiger partial charge in [-0.15, -0.1) is 11.3 Å². The number of hydrogen-bond donors (Lipinski definition) is 0. The number of fused-ring (bicyclic) bond motifs is 4. The van der Waals surface area contributed by atoms with Crippen LogP contribution >= 0.6 is 11.3 Å². The molecule has 0 saturated carbocycles. The van der Waals surface area contributed by atoms with Gasteiger partial charge in [0, 0.05) is 36.9 Å². The molecule has 0 aliphatic heterocycles. The molecule has 0 aliphatic carbocycles. The Kier molecular flexibility index (Phi) is 7.67. The van der Waals surface area contributed by atoms with E-state index in [4.69, 9.17) is 15.0 Å².